The molecule has 0 amide bonds. The molecular weight excluding hydrogens is 213 g/mol. The van der Waals surface area contributed by atoms with E-state index in [1.165, 1.54) is 24.2 Å². The molecule has 1 nitrogen and oxygen atoms in total. The van der Waals surface area contributed by atoms with Gasteiger partial charge in [-0.25, -0.2) is 0 Å². The molecule has 1 aliphatic rings. The molecule has 1 fully saturated rings. The average molecular weight is 222 g/mol. The van der Waals surface area contributed by atoms with Gasteiger partial charge in [0.1, 0.15) is 0 Å². The van der Waals surface area contributed by atoms with Crippen LogP contribution < -0.4 is 5.73 Å². The van der Waals surface area contributed by atoms with Crippen LogP contribution in [-0.4, -0.2) is 0 Å². The lowest BCUT2D eigenvalue weighted by Crippen LogP contribution is -2.11. The van der Waals surface area contributed by atoms with Crippen molar-refractivity contribution in [3.63, 3.8) is 0 Å². The monoisotopic (exact) mass is 221 g/mol. The zero-order chi connectivity index (χ0) is 8.72. The van der Waals surface area contributed by atoms with Gasteiger partial charge in [0.05, 0.1) is 8.67 Å². The summed E-state index contributed by atoms with van der Waals surface area (Å²) < 4.78 is 1.48. The molecule has 2 N–H and O–H groups in total. The minimum absolute atomic E-state index is 0.0984. The minimum atomic E-state index is 0.0984. The van der Waals surface area contributed by atoms with Crippen LogP contribution in [0, 0.1) is 5.92 Å². The van der Waals surface area contributed by atoms with Gasteiger partial charge in [0.15, 0.2) is 0 Å². The van der Waals surface area contributed by atoms with E-state index >= 15 is 0 Å². The Hall–Kier alpha value is 0.240. The van der Waals surface area contributed by atoms with E-state index in [9.17, 15) is 0 Å². The summed E-state index contributed by atoms with van der Waals surface area (Å²) in [5.74, 6) is 0.633. The van der Waals surface area contributed by atoms with Gasteiger partial charge < -0.3 is 5.73 Å². The number of halogens is 2. The first-order valence-electron chi connectivity index (χ1n) is 3.89. The van der Waals surface area contributed by atoms with Crippen molar-refractivity contribution in [3.8, 4) is 0 Å². The second-order valence-corrected chi connectivity index (χ2v) is 5.43. The predicted octanol–water partition coefficient (Wildman–Crippen LogP) is 3.46. The Balaban J connectivity index is 2.25. The second-order valence-electron chi connectivity index (χ2n) is 3.14. The molecule has 0 bridgehead atoms. The van der Waals surface area contributed by atoms with E-state index in [0.29, 0.717) is 5.92 Å². The molecule has 1 unspecified atom stereocenters. The maximum atomic E-state index is 5.98. The SMILES string of the molecule is NC(c1cc(Cl)sc1Cl)C1CC1. The van der Waals surface area contributed by atoms with Crippen LogP contribution in [0.4, 0.5) is 0 Å². The Morgan fingerprint density at radius 2 is 2.17 bits per heavy atom. The maximum Gasteiger partial charge on any atom is 0.0991 e. The zero-order valence-electron chi connectivity index (χ0n) is 6.39. The largest absolute Gasteiger partial charge is 0.324 e. The van der Waals surface area contributed by atoms with Crippen LogP contribution in [0.15, 0.2) is 6.07 Å². The van der Waals surface area contributed by atoms with Gasteiger partial charge in [0, 0.05) is 11.6 Å². The molecule has 1 aliphatic carbocycles. The molecule has 66 valence electrons. The molecule has 1 aromatic rings. The minimum Gasteiger partial charge on any atom is -0.324 e. The van der Waals surface area contributed by atoms with Crippen molar-refractivity contribution in [3.05, 3.63) is 20.3 Å². The van der Waals surface area contributed by atoms with Crippen molar-refractivity contribution < 1.29 is 0 Å². The fourth-order valence-corrected chi connectivity index (χ4v) is 2.86. The fourth-order valence-electron chi connectivity index (χ4n) is 1.29. The fraction of sp³-hybridized carbons (Fsp3) is 0.500. The number of rotatable bonds is 2. The Kier molecular flexibility index (Phi) is 2.34. The van der Waals surface area contributed by atoms with Gasteiger partial charge in [-0.05, 0) is 24.8 Å². The molecule has 1 aromatic heterocycles. The van der Waals surface area contributed by atoms with Crippen molar-refractivity contribution in [2.75, 3.05) is 0 Å². The molecule has 12 heavy (non-hydrogen) atoms. The quantitative estimate of drug-likeness (QED) is 0.814. The summed E-state index contributed by atoms with van der Waals surface area (Å²) in [6.07, 6.45) is 2.45. The summed E-state index contributed by atoms with van der Waals surface area (Å²) in [4.78, 5) is 0. The smallest absolute Gasteiger partial charge is 0.0991 e. The van der Waals surface area contributed by atoms with Crippen molar-refractivity contribution in [1.29, 1.82) is 0 Å². The molecule has 1 saturated carbocycles. The van der Waals surface area contributed by atoms with Gasteiger partial charge in [-0.1, -0.05) is 23.2 Å². The van der Waals surface area contributed by atoms with E-state index in [0.717, 1.165) is 14.2 Å². The van der Waals surface area contributed by atoms with Crippen LogP contribution in [-0.2, 0) is 0 Å². The first-order valence-corrected chi connectivity index (χ1v) is 5.46. The molecular formula is C8H9Cl2NS. The second kappa shape index (κ2) is 3.18. The van der Waals surface area contributed by atoms with Gasteiger partial charge in [0.2, 0.25) is 0 Å². The van der Waals surface area contributed by atoms with Crippen molar-refractivity contribution in [2.45, 2.75) is 18.9 Å². The van der Waals surface area contributed by atoms with Gasteiger partial charge in [0.25, 0.3) is 0 Å². The Morgan fingerprint density at radius 3 is 2.58 bits per heavy atom. The van der Waals surface area contributed by atoms with Crippen LogP contribution in [0.3, 0.4) is 0 Å². The van der Waals surface area contributed by atoms with E-state index in [1.54, 1.807) is 0 Å². The summed E-state index contributed by atoms with van der Waals surface area (Å²) in [5, 5.41) is 0. The van der Waals surface area contributed by atoms with E-state index in [4.69, 9.17) is 28.9 Å². The van der Waals surface area contributed by atoms with Crippen LogP contribution in [0.1, 0.15) is 24.4 Å². The van der Waals surface area contributed by atoms with Gasteiger partial charge >= 0.3 is 0 Å². The number of hydrogen-bond acceptors (Lipinski definition) is 2. The lowest BCUT2D eigenvalue weighted by molar-refractivity contribution is 0.636. The van der Waals surface area contributed by atoms with E-state index in [1.807, 2.05) is 6.07 Å². The summed E-state index contributed by atoms with van der Waals surface area (Å²) in [5.41, 5.74) is 7.00. The van der Waals surface area contributed by atoms with Crippen molar-refractivity contribution in [2.24, 2.45) is 11.7 Å². The zero-order valence-corrected chi connectivity index (χ0v) is 8.72. The van der Waals surface area contributed by atoms with Crippen LogP contribution in [0.5, 0.6) is 0 Å². The molecule has 0 aromatic carbocycles. The topological polar surface area (TPSA) is 26.0 Å². The van der Waals surface area contributed by atoms with Crippen LogP contribution in [0.25, 0.3) is 0 Å². The molecule has 0 saturated heterocycles. The highest BCUT2D eigenvalue weighted by Crippen LogP contribution is 2.44. The maximum absolute atomic E-state index is 5.98. The molecule has 0 aliphatic heterocycles. The summed E-state index contributed by atoms with van der Waals surface area (Å²) in [6, 6.07) is 1.98. The molecule has 4 heteroatoms. The first-order chi connectivity index (χ1) is 5.68. The van der Waals surface area contributed by atoms with Gasteiger partial charge in [-0.15, -0.1) is 11.3 Å². The highest BCUT2D eigenvalue weighted by atomic mass is 35.5. The van der Waals surface area contributed by atoms with Gasteiger partial charge in [-0.2, -0.15) is 0 Å². The predicted molar refractivity (Wildman–Crippen MR) is 54.0 cm³/mol. The van der Waals surface area contributed by atoms with Gasteiger partial charge in [-0.3, -0.25) is 0 Å². The van der Waals surface area contributed by atoms with Crippen LogP contribution in [0.2, 0.25) is 8.67 Å². The first kappa shape index (κ1) is 8.82. The normalized spacial score (nSPS) is 19.6. The van der Waals surface area contributed by atoms with E-state index in [2.05, 4.69) is 0 Å². The highest BCUT2D eigenvalue weighted by molar-refractivity contribution is 7.20. The summed E-state index contributed by atoms with van der Waals surface area (Å²) >= 11 is 13.2. The van der Waals surface area contributed by atoms with Crippen molar-refractivity contribution in [1.82, 2.24) is 0 Å². The van der Waals surface area contributed by atoms with Crippen LogP contribution >= 0.6 is 34.5 Å². The number of thiophene rings is 1. The standard InChI is InChI=1S/C8H9Cl2NS/c9-6-3-5(8(10)12-6)7(11)4-1-2-4/h3-4,7H,1-2,11H2. The lowest BCUT2D eigenvalue weighted by atomic mass is 10.1. The molecule has 0 spiro atoms. The lowest BCUT2D eigenvalue weighted by Gasteiger charge is -2.07. The Bertz CT molecular complexity index is 293. The third-order valence-corrected chi connectivity index (χ3v) is 3.69. The third-order valence-electron chi connectivity index (χ3n) is 2.17. The molecule has 0 radical (unpaired) electrons. The molecule has 1 atom stereocenters. The van der Waals surface area contributed by atoms with E-state index < -0.39 is 0 Å². The van der Waals surface area contributed by atoms with E-state index in [-0.39, 0.29) is 6.04 Å². The average Bonchev–Trinajstić information content (AvgIpc) is 2.77. The molecule has 2 rings (SSSR count). The number of hydrogen-bond donors (Lipinski definition) is 1. The Morgan fingerprint density at radius 1 is 1.50 bits per heavy atom. The summed E-state index contributed by atoms with van der Waals surface area (Å²) in [7, 11) is 0. The third kappa shape index (κ3) is 1.62. The Labute approximate surface area is 85.5 Å². The van der Waals surface area contributed by atoms with Crippen molar-refractivity contribution >= 4 is 34.5 Å². The number of nitrogens with two attached hydrogens (primary N) is 1. The summed E-state index contributed by atoms with van der Waals surface area (Å²) in [6.45, 7) is 0. The molecule has 1 heterocycles. The highest BCUT2D eigenvalue weighted by Gasteiger charge is 2.31.